The smallest absolute Gasteiger partial charge is 0.0320 e. The van der Waals surface area contributed by atoms with Crippen LogP contribution in [0.2, 0.25) is 0 Å². The third-order valence-electron chi connectivity index (χ3n) is 4.32. The molecule has 1 N–H and O–H groups in total. The van der Waals surface area contributed by atoms with Crippen LogP contribution in [0.25, 0.3) is 0 Å². The average Bonchev–Trinajstić information content (AvgIpc) is 2.40. The molecule has 0 aromatic carbocycles. The minimum absolute atomic E-state index is 0.619. The van der Waals surface area contributed by atoms with Gasteiger partial charge in [0.25, 0.3) is 0 Å². The zero-order valence-corrected chi connectivity index (χ0v) is 12.1. The van der Waals surface area contributed by atoms with E-state index in [0.717, 1.165) is 19.6 Å². The maximum atomic E-state index is 4.40. The maximum Gasteiger partial charge on any atom is 0.0320 e. The summed E-state index contributed by atoms with van der Waals surface area (Å²) in [4.78, 5) is 5.19. The lowest BCUT2D eigenvalue weighted by molar-refractivity contribution is 0.125. The van der Waals surface area contributed by atoms with Gasteiger partial charge < -0.3 is 5.32 Å². The molecule has 2 saturated heterocycles. The molecule has 2 aliphatic rings. The molecule has 0 saturated carbocycles. The Kier molecular flexibility index (Phi) is 5.22. The fourth-order valence-electron chi connectivity index (χ4n) is 3.27. The highest BCUT2D eigenvalue weighted by Gasteiger charge is 2.27. The Morgan fingerprint density at radius 1 is 1.22 bits per heavy atom. The normalized spacial score (nSPS) is 27.6. The molecule has 0 amide bonds. The van der Waals surface area contributed by atoms with E-state index in [1.165, 1.54) is 44.5 Å². The maximum absolute atomic E-state index is 4.40. The van der Waals surface area contributed by atoms with Crippen LogP contribution in [0.15, 0.2) is 12.2 Å². The summed E-state index contributed by atoms with van der Waals surface area (Å²) >= 11 is 0. The highest BCUT2D eigenvalue weighted by molar-refractivity contribution is 5.10. The van der Waals surface area contributed by atoms with Gasteiger partial charge in [0, 0.05) is 44.8 Å². The first-order valence-electron chi connectivity index (χ1n) is 7.55. The Balaban J connectivity index is 1.89. The van der Waals surface area contributed by atoms with Crippen LogP contribution in [0.4, 0.5) is 0 Å². The van der Waals surface area contributed by atoms with Crippen LogP contribution >= 0.6 is 0 Å². The van der Waals surface area contributed by atoms with Gasteiger partial charge in [-0.15, -0.1) is 0 Å². The van der Waals surface area contributed by atoms with Gasteiger partial charge in [-0.3, -0.25) is 9.80 Å². The van der Waals surface area contributed by atoms with E-state index in [4.69, 9.17) is 0 Å². The van der Waals surface area contributed by atoms with E-state index in [2.05, 4.69) is 35.5 Å². The standard InChI is InChI=1S/C15H29N3/c1-13(2)18-9-5-4-6-15(18)14(3)12-17-10-7-16-8-11-17/h13,15-16H,3-12H2,1-2H3. The van der Waals surface area contributed by atoms with Gasteiger partial charge in [-0.25, -0.2) is 0 Å². The van der Waals surface area contributed by atoms with Crippen LogP contribution < -0.4 is 5.32 Å². The van der Waals surface area contributed by atoms with Gasteiger partial charge in [-0.2, -0.15) is 0 Å². The Morgan fingerprint density at radius 3 is 2.61 bits per heavy atom. The lowest BCUT2D eigenvalue weighted by Crippen LogP contribution is -2.49. The summed E-state index contributed by atoms with van der Waals surface area (Å²) < 4.78 is 0. The molecule has 0 aliphatic carbocycles. The number of likely N-dealkylation sites (tertiary alicyclic amines) is 1. The van der Waals surface area contributed by atoms with Gasteiger partial charge in [0.15, 0.2) is 0 Å². The molecule has 0 aromatic heterocycles. The van der Waals surface area contributed by atoms with Gasteiger partial charge in [-0.05, 0) is 38.8 Å². The van der Waals surface area contributed by atoms with Crippen molar-refractivity contribution in [2.24, 2.45) is 0 Å². The number of piperidine rings is 1. The molecule has 3 heteroatoms. The number of piperazine rings is 1. The lowest BCUT2D eigenvalue weighted by atomic mass is 9.94. The van der Waals surface area contributed by atoms with E-state index in [0.29, 0.717) is 12.1 Å². The summed E-state index contributed by atoms with van der Waals surface area (Å²) in [6, 6.07) is 1.27. The van der Waals surface area contributed by atoms with E-state index in [9.17, 15) is 0 Å². The molecular formula is C15H29N3. The average molecular weight is 251 g/mol. The van der Waals surface area contributed by atoms with Gasteiger partial charge in [0.05, 0.1) is 0 Å². The van der Waals surface area contributed by atoms with Crippen LogP contribution in [0.5, 0.6) is 0 Å². The van der Waals surface area contributed by atoms with E-state index >= 15 is 0 Å². The third-order valence-corrected chi connectivity index (χ3v) is 4.32. The fourth-order valence-corrected chi connectivity index (χ4v) is 3.27. The summed E-state index contributed by atoms with van der Waals surface area (Å²) in [7, 11) is 0. The number of nitrogens with one attached hydrogen (secondary N) is 1. The SMILES string of the molecule is C=C(CN1CCNCC1)C1CCCCN1C(C)C. The summed E-state index contributed by atoms with van der Waals surface area (Å²) in [6.07, 6.45) is 4.03. The zero-order chi connectivity index (χ0) is 13.0. The molecular weight excluding hydrogens is 222 g/mol. The molecule has 3 nitrogen and oxygen atoms in total. The van der Waals surface area contributed by atoms with Crippen molar-refractivity contribution in [2.45, 2.75) is 45.2 Å². The first-order chi connectivity index (χ1) is 8.68. The van der Waals surface area contributed by atoms with Gasteiger partial charge >= 0.3 is 0 Å². The molecule has 2 fully saturated rings. The minimum atomic E-state index is 0.619. The molecule has 0 spiro atoms. The number of hydrogen-bond donors (Lipinski definition) is 1. The summed E-state index contributed by atoms with van der Waals surface area (Å²) in [5.41, 5.74) is 1.44. The Labute approximate surface area is 112 Å². The van der Waals surface area contributed by atoms with Crippen LogP contribution in [-0.4, -0.2) is 61.2 Å². The molecule has 104 valence electrons. The second-order valence-electron chi connectivity index (χ2n) is 6.03. The van der Waals surface area contributed by atoms with Crippen molar-refractivity contribution in [3.05, 3.63) is 12.2 Å². The predicted molar refractivity (Wildman–Crippen MR) is 77.9 cm³/mol. The molecule has 1 atom stereocenters. The third kappa shape index (κ3) is 3.56. The highest BCUT2D eigenvalue weighted by atomic mass is 15.2. The number of rotatable bonds is 4. The predicted octanol–water partition coefficient (Wildman–Crippen LogP) is 1.71. The zero-order valence-electron chi connectivity index (χ0n) is 12.1. The monoisotopic (exact) mass is 251 g/mol. The first-order valence-corrected chi connectivity index (χ1v) is 7.55. The topological polar surface area (TPSA) is 18.5 Å². The second kappa shape index (κ2) is 6.69. The van der Waals surface area contributed by atoms with Crippen molar-refractivity contribution in [2.75, 3.05) is 39.3 Å². The largest absolute Gasteiger partial charge is 0.314 e. The summed E-state index contributed by atoms with van der Waals surface area (Å²) in [6.45, 7) is 16.0. The molecule has 1 unspecified atom stereocenters. The van der Waals surface area contributed by atoms with Crippen molar-refractivity contribution in [3.63, 3.8) is 0 Å². The van der Waals surface area contributed by atoms with Crippen LogP contribution in [0.1, 0.15) is 33.1 Å². The summed E-state index contributed by atoms with van der Waals surface area (Å²) in [5.74, 6) is 0. The molecule has 2 heterocycles. The van der Waals surface area contributed by atoms with Crippen molar-refractivity contribution in [1.29, 1.82) is 0 Å². The Morgan fingerprint density at radius 2 is 1.94 bits per heavy atom. The molecule has 2 aliphatic heterocycles. The highest BCUT2D eigenvalue weighted by Crippen LogP contribution is 2.24. The molecule has 0 aromatic rings. The van der Waals surface area contributed by atoms with Crippen LogP contribution in [0.3, 0.4) is 0 Å². The minimum Gasteiger partial charge on any atom is -0.314 e. The van der Waals surface area contributed by atoms with Gasteiger partial charge in [0.1, 0.15) is 0 Å². The van der Waals surface area contributed by atoms with Crippen molar-refractivity contribution in [1.82, 2.24) is 15.1 Å². The van der Waals surface area contributed by atoms with Crippen LogP contribution in [-0.2, 0) is 0 Å². The van der Waals surface area contributed by atoms with Crippen molar-refractivity contribution in [3.8, 4) is 0 Å². The van der Waals surface area contributed by atoms with Crippen LogP contribution in [0, 0.1) is 0 Å². The van der Waals surface area contributed by atoms with Gasteiger partial charge in [0.2, 0.25) is 0 Å². The van der Waals surface area contributed by atoms with E-state index < -0.39 is 0 Å². The van der Waals surface area contributed by atoms with E-state index in [1.54, 1.807) is 0 Å². The van der Waals surface area contributed by atoms with Gasteiger partial charge in [-0.1, -0.05) is 13.0 Å². The first kappa shape index (κ1) is 14.0. The van der Waals surface area contributed by atoms with Crippen molar-refractivity contribution >= 4 is 0 Å². The quantitative estimate of drug-likeness (QED) is 0.768. The molecule has 2 rings (SSSR count). The van der Waals surface area contributed by atoms with Crippen molar-refractivity contribution < 1.29 is 0 Å². The lowest BCUT2D eigenvalue weighted by Gasteiger charge is -2.41. The second-order valence-corrected chi connectivity index (χ2v) is 6.03. The molecule has 0 radical (unpaired) electrons. The fraction of sp³-hybridized carbons (Fsp3) is 0.867. The number of nitrogens with zero attached hydrogens (tertiary/aromatic N) is 2. The molecule has 18 heavy (non-hydrogen) atoms. The summed E-state index contributed by atoms with van der Waals surface area (Å²) in [5, 5.41) is 3.41. The van der Waals surface area contributed by atoms with E-state index in [1.807, 2.05) is 0 Å². The Hall–Kier alpha value is -0.380. The Bertz CT molecular complexity index is 269. The molecule has 0 bridgehead atoms. The number of hydrogen-bond acceptors (Lipinski definition) is 3. The van der Waals surface area contributed by atoms with E-state index in [-0.39, 0.29) is 0 Å².